The van der Waals surface area contributed by atoms with Crippen molar-refractivity contribution < 1.29 is 9.63 Å². The maximum Gasteiger partial charge on any atom is 0.246 e. The number of hydroxylamine groups is 2. The molecule has 5 rings (SSSR count). The SMILES string of the molecule is CC(c1ccc(-c2ccc(CON3CC[C@@H](C4=C(C(N)=O)CN(C)C=C4)C3)cc2)cc1)N1CCN(C)CC1. The number of allylic oxidation sites excluding steroid dienone is 1. The Morgan fingerprint density at radius 1 is 0.974 bits per heavy atom. The lowest BCUT2D eigenvalue weighted by atomic mass is 9.91. The fourth-order valence-corrected chi connectivity index (χ4v) is 5.74. The van der Waals surface area contributed by atoms with Crippen LogP contribution in [0.5, 0.6) is 0 Å². The molecule has 0 radical (unpaired) electrons. The Hall–Kier alpha value is -2.97. The summed E-state index contributed by atoms with van der Waals surface area (Å²) in [6, 6.07) is 18.1. The highest BCUT2D eigenvalue weighted by Crippen LogP contribution is 2.30. The zero-order valence-corrected chi connectivity index (χ0v) is 23.0. The van der Waals surface area contributed by atoms with Gasteiger partial charge in [-0.1, -0.05) is 48.5 Å². The van der Waals surface area contributed by atoms with Crippen molar-refractivity contribution in [3.8, 4) is 11.1 Å². The standard InChI is InChI=1S/C31H41N5O2/c1-23(35-18-16-33(2)17-19-35)25-8-10-27(11-9-25)26-6-4-24(5-7-26)22-38-36-15-12-28(20-36)29-13-14-34(3)21-30(29)31(32)37/h4-11,13-14,23,28H,12,15-22H2,1-3H3,(H2,32,37)/t23?,28-/m1/s1. The topological polar surface area (TPSA) is 65.3 Å². The van der Waals surface area contributed by atoms with Crippen LogP contribution in [0.4, 0.5) is 0 Å². The highest BCUT2D eigenvalue weighted by molar-refractivity contribution is 5.94. The molecule has 2 N–H and O–H groups in total. The zero-order valence-electron chi connectivity index (χ0n) is 23.0. The van der Waals surface area contributed by atoms with Crippen molar-refractivity contribution in [2.75, 3.05) is 59.9 Å². The van der Waals surface area contributed by atoms with Crippen LogP contribution in [-0.2, 0) is 16.2 Å². The van der Waals surface area contributed by atoms with Gasteiger partial charge < -0.3 is 15.5 Å². The number of rotatable bonds is 8. The second-order valence-electron chi connectivity index (χ2n) is 11.0. The van der Waals surface area contributed by atoms with Gasteiger partial charge in [-0.15, -0.1) is 0 Å². The van der Waals surface area contributed by atoms with Gasteiger partial charge in [0.1, 0.15) is 0 Å². The van der Waals surface area contributed by atoms with Gasteiger partial charge in [-0.3, -0.25) is 14.5 Å². The number of likely N-dealkylation sites (N-methyl/N-ethyl adjacent to an activating group) is 2. The Morgan fingerprint density at radius 2 is 1.63 bits per heavy atom. The molecule has 7 heteroatoms. The van der Waals surface area contributed by atoms with Crippen LogP contribution in [0.1, 0.15) is 30.5 Å². The van der Waals surface area contributed by atoms with Crippen LogP contribution in [0.3, 0.4) is 0 Å². The first kappa shape index (κ1) is 26.6. The van der Waals surface area contributed by atoms with E-state index < -0.39 is 0 Å². The first-order valence-electron chi connectivity index (χ1n) is 13.8. The summed E-state index contributed by atoms with van der Waals surface area (Å²) in [7, 11) is 4.15. The number of benzene rings is 2. The number of piperazine rings is 1. The molecule has 3 aliphatic rings. The molecule has 202 valence electrons. The second kappa shape index (κ2) is 11.8. The minimum Gasteiger partial charge on any atom is -0.376 e. The monoisotopic (exact) mass is 515 g/mol. The van der Waals surface area contributed by atoms with E-state index in [9.17, 15) is 4.79 Å². The van der Waals surface area contributed by atoms with Crippen LogP contribution in [0.2, 0.25) is 0 Å². The second-order valence-corrected chi connectivity index (χ2v) is 11.0. The summed E-state index contributed by atoms with van der Waals surface area (Å²) < 4.78 is 0. The number of carbonyl (C=O) groups excluding carboxylic acids is 1. The molecule has 2 saturated heterocycles. The maximum atomic E-state index is 12.0. The van der Waals surface area contributed by atoms with Crippen molar-refractivity contribution in [3.63, 3.8) is 0 Å². The first-order chi connectivity index (χ1) is 18.4. The largest absolute Gasteiger partial charge is 0.376 e. The molecule has 38 heavy (non-hydrogen) atoms. The third-order valence-electron chi connectivity index (χ3n) is 8.33. The predicted molar refractivity (Wildman–Crippen MR) is 152 cm³/mol. The van der Waals surface area contributed by atoms with Crippen LogP contribution in [0, 0.1) is 5.92 Å². The molecular weight excluding hydrogens is 474 g/mol. The van der Waals surface area contributed by atoms with Crippen molar-refractivity contribution >= 4 is 5.91 Å². The molecule has 0 spiro atoms. The van der Waals surface area contributed by atoms with Crippen molar-refractivity contribution in [2.45, 2.75) is 26.0 Å². The highest BCUT2D eigenvalue weighted by Gasteiger charge is 2.30. The molecule has 1 amide bonds. The number of carbonyl (C=O) groups is 1. The summed E-state index contributed by atoms with van der Waals surface area (Å²) >= 11 is 0. The third-order valence-corrected chi connectivity index (χ3v) is 8.33. The fraction of sp³-hybridized carbons (Fsp3) is 0.452. The quantitative estimate of drug-likeness (QED) is 0.579. The summed E-state index contributed by atoms with van der Waals surface area (Å²) in [6.45, 7) is 9.58. The normalized spacial score (nSPS) is 22.3. The summed E-state index contributed by atoms with van der Waals surface area (Å²) in [5.74, 6) is -0.0541. The number of nitrogens with zero attached hydrogens (tertiary/aromatic N) is 4. The van der Waals surface area contributed by atoms with Crippen LogP contribution in [0.15, 0.2) is 72.0 Å². The molecule has 0 aliphatic carbocycles. The van der Waals surface area contributed by atoms with Crippen LogP contribution < -0.4 is 5.73 Å². The van der Waals surface area contributed by atoms with Gasteiger partial charge in [-0.2, -0.15) is 5.06 Å². The maximum absolute atomic E-state index is 12.0. The third kappa shape index (κ3) is 6.18. The van der Waals surface area contributed by atoms with Crippen LogP contribution >= 0.6 is 0 Å². The van der Waals surface area contributed by atoms with Crippen molar-refractivity contribution in [3.05, 3.63) is 83.1 Å². The number of hydrogen-bond acceptors (Lipinski definition) is 6. The van der Waals surface area contributed by atoms with Crippen molar-refractivity contribution in [1.82, 2.24) is 19.8 Å². The molecule has 2 atom stereocenters. The molecule has 0 saturated carbocycles. The molecule has 3 heterocycles. The van der Waals surface area contributed by atoms with E-state index in [0.29, 0.717) is 19.2 Å². The predicted octanol–water partition coefficient (Wildman–Crippen LogP) is 3.66. The van der Waals surface area contributed by atoms with Gasteiger partial charge in [-0.25, -0.2) is 0 Å². The van der Waals surface area contributed by atoms with Gasteiger partial charge >= 0.3 is 0 Å². The van der Waals surface area contributed by atoms with Crippen LogP contribution in [-0.4, -0.2) is 85.6 Å². The Balaban J connectivity index is 1.13. The van der Waals surface area contributed by atoms with E-state index in [1.807, 2.05) is 29.3 Å². The van der Waals surface area contributed by atoms with Gasteiger partial charge in [0, 0.05) is 70.4 Å². The molecule has 2 fully saturated rings. The van der Waals surface area contributed by atoms with E-state index in [1.54, 1.807) is 0 Å². The average molecular weight is 516 g/mol. The Bertz CT molecular complexity index is 1170. The van der Waals surface area contributed by atoms with E-state index in [-0.39, 0.29) is 11.8 Å². The van der Waals surface area contributed by atoms with Gasteiger partial charge in [-0.05, 0) is 60.5 Å². The number of hydrogen-bond donors (Lipinski definition) is 1. The zero-order chi connectivity index (χ0) is 26.6. The van der Waals surface area contributed by atoms with Crippen molar-refractivity contribution in [2.24, 2.45) is 11.7 Å². The molecule has 2 aromatic rings. The van der Waals surface area contributed by atoms with E-state index in [1.165, 1.54) is 16.7 Å². The molecule has 7 nitrogen and oxygen atoms in total. The van der Waals surface area contributed by atoms with Crippen molar-refractivity contribution in [1.29, 1.82) is 0 Å². The number of primary amides is 1. The fourth-order valence-electron chi connectivity index (χ4n) is 5.74. The minimum absolute atomic E-state index is 0.270. The van der Waals surface area contributed by atoms with Gasteiger partial charge in [0.15, 0.2) is 0 Å². The number of amides is 1. The lowest BCUT2D eigenvalue weighted by Crippen LogP contribution is -2.45. The molecule has 0 bridgehead atoms. The van der Waals surface area contributed by atoms with Gasteiger partial charge in [0.05, 0.1) is 6.61 Å². The molecule has 1 unspecified atom stereocenters. The molecule has 2 aromatic carbocycles. The highest BCUT2D eigenvalue weighted by atomic mass is 16.7. The summed E-state index contributed by atoms with van der Waals surface area (Å²) in [4.78, 5) is 25.1. The van der Waals surface area contributed by atoms with Gasteiger partial charge in [0.2, 0.25) is 5.91 Å². The summed E-state index contributed by atoms with van der Waals surface area (Å²) in [5, 5.41) is 2.02. The lowest BCUT2D eigenvalue weighted by molar-refractivity contribution is -0.155. The van der Waals surface area contributed by atoms with Gasteiger partial charge in [0.25, 0.3) is 0 Å². The van der Waals surface area contributed by atoms with E-state index in [0.717, 1.165) is 62.4 Å². The van der Waals surface area contributed by atoms with E-state index >= 15 is 0 Å². The van der Waals surface area contributed by atoms with Crippen LogP contribution in [0.25, 0.3) is 11.1 Å². The smallest absolute Gasteiger partial charge is 0.246 e. The lowest BCUT2D eigenvalue weighted by Gasteiger charge is -2.36. The molecule has 0 aromatic heterocycles. The average Bonchev–Trinajstić information content (AvgIpc) is 3.41. The Morgan fingerprint density at radius 3 is 2.29 bits per heavy atom. The molecular formula is C31H41N5O2. The molecule has 3 aliphatic heterocycles. The first-order valence-corrected chi connectivity index (χ1v) is 13.8. The Kier molecular flexibility index (Phi) is 8.29. The minimum atomic E-state index is -0.324. The van der Waals surface area contributed by atoms with E-state index in [4.69, 9.17) is 10.6 Å². The summed E-state index contributed by atoms with van der Waals surface area (Å²) in [6.07, 6.45) is 5.02. The number of nitrogens with two attached hydrogens (primary N) is 1. The summed E-state index contributed by atoms with van der Waals surface area (Å²) in [5.41, 5.74) is 12.4. The van der Waals surface area contributed by atoms with E-state index in [2.05, 4.69) is 72.3 Å². The Labute approximate surface area is 227 Å².